The molecule has 0 radical (unpaired) electrons. The molecule has 30 heavy (non-hydrogen) atoms. The third-order valence-electron chi connectivity index (χ3n) is 6.14. The second-order valence-electron chi connectivity index (χ2n) is 8.04. The first-order valence-corrected chi connectivity index (χ1v) is 12.5. The van der Waals surface area contributed by atoms with Gasteiger partial charge in [0.1, 0.15) is 5.75 Å². The number of aromatic nitrogens is 1. The average molecular weight is 464 g/mol. The molecule has 2 fully saturated rings. The summed E-state index contributed by atoms with van der Waals surface area (Å²) < 4.78 is 33.8. The number of nitrogens with zero attached hydrogens (tertiary/aromatic N) is 3. The van der Waals surface area contributed by atoms with Gasteiger partial charge in [-0.2, -0.15) is 4.31 Å². The molecule has 0 atom stereocenters. The van der Waals surface area contributed by atoms with E-state index in [9.17, 15) is 8.42 Å². The maximum Gasteiger partial charge on any atom is 0.243 e. The van der Waals surface area contributed by atoms with E-state index in [1.807, 2.05) is 18.2 Å². The van der Waals surface area contributed by atoms with Gasteiger partial charge in [-0.15, -0.1) is 0 Å². The second-order valence-corrected chi connectivity index (χ2v) is 11.4. The van der Waals surface area contributed by atoms with Gasteiger partial charge in [0, 0.05) is 36.6 Å². The van der Waals surface area contributed by atoms with E-state index in [-0.39, 0.29) is 5.41 Å². The van der Waals surface area contributed by atoms with Crippen molar-refractivity contribution in [3.63, 3.8) is 0 Å². The van der Waals surface area contributed by atoms with Crippen molar-refractivity contribution in [2.75, 3.05) is 38.2 Å². The Bertz CT molecular complexity index is 1180. The minimum atomic E-state index is -3.47. The molecule has 1 spiro atoms. The monoisotopic (exact) mass is 463 g/mol. The molecule has 9 heteroatoms. The standard InChI is InChI=1S/C21H22ClN3O3S2/c1-28-16-3-5-17(6-4-16)30(26,27)25-10-8-21(9-11-25)13-24(14-21)20-23-18-7-2-15(22)12-19(18)29-20/h2-7,12H,8-11,13-14H2,1H3. The second kappa shape index (κ2) is 7.37. The molecule has 0 amide bonds. The van der Waals surface area contributed by atoms with Crippen molar-refractivity contribution in [1.82, 2.24) is 9.29 Å². The molecule has 2 aromatic carbocycles. The normalized spacial score (nSPS) is 19.2. The molecule has 6 nitrogen and oxygen atoms in total. The molecule has 0 aliphatic carbocycles. The van der Waals surface area contributed by atoms with E-state index >= 15 is 0 Å². The Balaban J connectivity index is 1.24. The van der Waals surface area contributed by atoms with E-state index in [1.54, 1.807) is 47.0 Å². The highest BCUT2D eigenvalue weighted by Gasteiger charge is 2.47. The highest BCUT2D eigenvalue weighted by atomic mass is 35.5. The van der Waals surface area contributed by atoms with E-state index in [1.165, 1.54) is 0 Å². The number of methoxy groups -OCH3 is 1. The van der Waals surface area contributed by atoms with Gasteiger partial charge < -0.3 is 9.64 Å². The molecular weight excluding hydrogens is 442 g/mol. The first kappa shape index (κ1) is 20.1. The van der Waals surface area contributed by atoms with Crippen molar-refractivity contribution in [3.05, 3.63) is 47.5 Å². The Morgan fingerprint density at radius 2 is 1.80 bits per heavy atom. The highest BCUT2D eigenvalue weighted by molar-refractivity contribution is 7.89. The average Bonchev–Trinajstić information content (AvgIpc) is 3.14. The van der Waals surface area contributed by atoms with Gasteiger partial charge in [0.15, 0.2) is 5.13 Å². The van der Waals surface area contributed by atoms with E-state index in [0.717, 1.165) is 46.3 Å². The molecule has 5 rings (SSSR count). The number of ether oxygens (including phenoxy) is 1. The van der Waals surface area contributed by atoms with Gasteiger partial charge in [0.05, 0.1) is 22.2 Å². The quantitative estimate of drug-likeness (QED) is 0.578. The number of thiazole rings is 1. The zero-order valence-corrected chi connectivity index (χ0v) is 18.9. The first-order chi connectivity index (χ1) is 14.4. The van der Waals surface area contributed by atoms with Gasteiger partial charge in [-0.25, -0.2) is 13.4 Å². The first-order valence-electron chi connectivity index (χ1n) is 9.84. The summed E-state index contributed by atoms with van der Waals surface area (Å²) in [6.07, 6.45) is 1.74. The van der Waals surface area contributed by atoms with Crippen molar-refractivity contribution >= 4 is 48.3 Å². The van der Waals surface area contributed by atoms with Crippen LogP contribution in [0, 0.1) is 5.41 Å². The summed E-state index contributed by atoms with van der Waals surface area (Å²) in [5.41, 5.74) is 1.15. The van der Waals surface area contributed by atoms with Crippen LogP contribution in [-0.2, 0) is 10.0 Å². The van der Waals surface area contributed by atoms with Crippen LogP contribution in [0.2, 0.25) is 5.02 Å². The SMILES string of the molecule is COc1ccc(S(=O)(=O)N2CCC3(CC2)CN(c2nc4ccc(Cl)cc4s2)C3)cc1. The minimum Gasteiger partial charge on any atom is -0.497 e. The summed E-state index contributed by atoms with van der Waals surface area (Å²) >= 11 is 7.75. The lowest BCUT2D eigenvalue weighted by Gasteiger charge is -2.53. The molecule has 158 valence electrons. The lowest BCUT2D eigenvalue weighted by atomic mass is 9.73. The Kier molecular flexibility index (Phi) is 4.93. The van der Waals surface area contributed by atoms with Gasteiger partial charge in [-0.3, -0.25) is 0 Å². The Morgan fingerprint density at radius 1 is 1.10 bits per heavy atom. The Morgan fingerprint density at radius 3 is 2.47 bits per heavy atom. The molecule has 3 aromatic rings. The zero-order valence-electron chi connectivity index (χ0n) is 16.5. The van der Waals surface area contributed by atoms with Gasteiger partial charge in [0.2, 0.25) is 10.0 Å². The van der Waals surface area contributed by atoms with Crippen LogP contribution in [0.25, 0.3) is 10.2 Å². The fourth-order valence-electron chi connectivity index (χ4n) is 4.33. The van der Waals surface area contributed by atoms with Gasteiger partial charge in [-0.05, 0) is 55.3 Å². The maximum atomic E-state index is 13.0. The van der Waals surface area contributed by atoms with Crippen molar-refractivity contribution in [3.8, 4) is 5.75 Å². The van der Waals surface area contributed by atoms with Crippen LogP contribution in [-0.4, -0.2) is 51.0 Å². The number of rotatable bonds is 4. The van der Waals surface area contributed by atoms with Crippen LogP contribution >= 0.6 is 22.9 Å². The third kappa shape index (κ3) is 3.45. The van der Waals surface area contributed by atoms with Gasteiger partial charge in [-0.1, -0.05) is 22.9 Å². The number of hydrogen-bond donors (Lipinski definition) is 0. The molecule has 2 saturated heterocycles. The third-order valence-corrected chi connectivity index (χ3v) is 9.37. The molecule has 0 bridgehead atoms. The van der Waals surface area contributed by atoms with E-state index in [0.29, 0.717) is 23.7 Å². The van der Waals surface area contributed by atoms with Crippen molar-refractivity contribution in [2.24, 2.45) is 5.41 Å². The van der Waals surface area contributed by atoms with Crippen LogP contribution in [0.15, 0.2) is 47.4 Å². The van der Waals surface area contributed by atoms with Crippen LogP contribution < -0.4 is 9.64 Å². The lowest BCUT2D eigenvalue weighted by molar-refractivity contribution is 0.115. The predicted octanol–water partition coefficient (Wildman–Crippen LogP) is 4.25. The highest BCUT2D eigenvalue weighted by Crippen LogP contribution is 2.45. The summed E-state index contributed by atoms with van der Waals surface area (Å²) in [6.45, 7) is 2.96. The number of anilines is 1. The van der Waals surface area contributed by atoms with Crippen molar-refractivity contribution in [2.45, 2.75) is 17.7 Å². The maximum absolute atomic E-state index is 13.0. The number of fused-ring (bicyclic) bond motifs is 1. The van der Waals surface area contributed by atoms with E-state index < -0.39 is 10.0 Å². The van der Waals surface area contributed by atoms with Crippen LogP contribution in [0.5, 0.6) is 5.75 Å². The molecular formula is C21H22ClN3O3S2. The topological polar surface area (TPSA) is 62.7 Å². The summed E-state index contributed by atoms with van der Waals surface area (Å²) in [6, 6.07) is 12.4. The minimum absolute atomic E-state index is 0.182. The fourth-order valence-corrected chi connectivity index (χ4v) is 7.02. The number of hydrogen-bond acceptors (Lipinski definition) is 6. The smallest absolute Gasteiger partial charge is 0.243 e. The van der Waals surface area contributed by atoms with E-state index in [2.05, 4.69) is 4.90 Å². The number of sulfonamides is 1. The van der Waals surface area contributed by atoms with Crippen LogP contribution in [0.4, 0.5) is 5.13 Å². The number of benzene rings is 2. The number of halogens is 1. The van der Waals surface area contributed by atoms with Crippen LogP contribution in [0.3, 0.4) is 0 Å². The summed E-state index contributed by atoms with van der Waals surface area (Å²) in [5, 5.41) is 1.74. The van der Waals surface area contributed by atoms with Crippen LogP contribution in [0.1, 0.15) is 12.8 Å². The summed E-state index contributed by atoms with van der Waals surface area (Å²) in [5.74, 6) is 0.651. The van der Waals surface area contributed by atoms with Gasteiger partial charge in [0.25, 0.3) is 0 Å². The predicted molar refractivity (Wildman–Crippen MR) is 120 cm³/mol. The fraction of sp³-hybridized carbons (Fsp3) is 0.381. The van der Waals surface area contributed by atoms with Crippen molar-refractivity contribution < 1.29 is 13.2 Å². The van der Waals surface area contributed by atoms with Crippen molar-refractivity contribution in [1.29, 1.82) is 0 Å². The Hall–Kier alpha value is -1.87. The number of piperidine rings is 1. The molecule has 0 N–H and O–H groups in total. The van der Waals surface area contributed by atoms with Gasteiger partial charge >= 0.3 is 0 Å². The molecule has 0 unspecified atom stereocenters. The molecule has 3 heterocycles. The largest absolute Gasteiger partial charge is 0.497 e. The molecule has 1 aromatic heterocycles. The Labute approximate surface area is 185 Å². The van der Waals surface area contributed by atoms with E-state index in [4.69, 9.17) is 21.3 Å². The molecule has 2 aliphatic heterocycles. The zero-order chi connectivity index (χ0) is 20.9. The molecule has 0 saturated carbocycles. The summed E-state index contributed by atoms with van der Waals surface area (Å²) in [4.78, 5) is 7.35. The summed E-state index contributed by atoms with van der Waals surface area (Å²) in [7, 11) is -1.90. The lowest BCUT2D eigenvalue weighted by Crippen LogP contribution is -2.60. The molecule has 2 aliphatic rings.